The zero-order valence-electron chi connectivity index (χ0n) is 14.5. The minimum Gasteiger partial charge on any atom is -0.370 e. The minimum atomic E-state index is -0.239. The number of aromatic nitrogens is 1. The van der Waals surface area contributed by atoms with E-state index in [2.05, 4.69) is 18.0 Å². The molecule has 0 radical (unpaired) electrons. The van der Waals surface area contributed by atoms with Gasteiger partial charge in [-0.3, -0.25) is 9.69 Å². The fraction of sp³-hybridized carbons (Fsp3) is 0.300. The monoisotopic (exact) mass is 340 g/mol. The van der Waals surface area contributed by atoms with Crippen molar-refractivity contribution in [2.24, 2.45) is 0 Å². The summed E-state index contributed by atoms with van der Waals surface area (Å²) in [6.07, 6.45) is 4.73. The summed E-state index contributed by atoms with van der Waals surface area (Å²) in [6.45, 7) is 5.09. The lowest BCUT2D eigenvalue weighted by molar-refractivity contribution is -0.125. The molecule has 4 nitrogen and oxygen atoms in total. The molecule has 3 rings (SSSR count). The summed E-state index contributed by atoms with van der Waals surface area (Å²) >= 11 is 0. The number of allylic oxidation sites excluding steroid dienone is 1. The molecule has 1 fully saturated rings. The number of anilines is 1. The average molecular weight is 340 g/mol. The highest BCUT2D eigenvalue weighted by molar-refractivity contribution is 5.94. The first-order valence-electron chi connectivity index (χ1n) is 8.41. The zero-order valence-corrected chi connectivity index (χ0v) is 14.5. The topological polar surface area (TPSA) is 42.4 Å². The number of morpholine rings is 1. The van der Waals surface area contributed by atoms with Crippen molar-refractivity contribution < 1.29 is 13.9 Å². The van der Waals surface area contributed by atoms with Crippen LogP contribution in [0.2, 0.25) is 0 Å². The second-order valence-electron chi connectivity index (χ2n) is 5.99. The minimum absolute atomic E-state index is 0.0785. The molecule has 1 saturated heterocycles. The predicted octanol–water partition coefficient (Wildman–Crippen LogP) is 3.73. The molecule has 0 spiro atoms. The summed E-state index contributed by atoms with van der Waals surface area (Å²) in [5.41, 5.74) is 3.83. The maximum Gasteiger partial charge on any atom is 0.254 e. The van der Waals surface area contributed by atoms with E-state index < -0.39 is 0 Å². The number of pyridine rings is 1. The maximum absolute atomic E-state index is 13.4. The third kappa shape index (κ3) is 3.77. The third-order valence-electron chi connectivity index (χ3n) is 4.21. The Kier molecular flexibility index (Phi) is 5.24. The smallest absolute Gasteiger partial charge is 0.254 e. The van der Waals surface area contributed by atoms with Crippen LogP contribution in [0.25, 0.3) is 5.57 Å². The molecule has 2 heterocycles. The predicted molar refractivity (Wildman–Crippen MR) is 95.9 cm³/mol. The largest absolute Gasteiger partial charge is 0.370 e. The molecule has 5 heteroatoms. The second-order valence-corrected chi connectivity index (χ2v) is 5.99. The Labute approximate surface area is 146 Å². The highest BCUT2D eigenvalue weighted by Crippen LogP contribution is 2.28. The first-order valence-corrected chi connectivity index (χ1v) is 8.41. The van der Waals surface area contributed by atoms with Crippen molar-refractivity contribution in [3.05, 3.63) is 65.1 Å². The van der Waals surface area contributed by atoms with Gasteiger partial charge in [0, 0.05) is 11.8 Å². The van der Waals surface area contributed by atoms with Gasteiger partial charge in [-0.1, -0.05) is 19.1 Å². The number of hydrogen-bond acceptors (Lipinski definition) is 3. The lowest BCUT2D eigenvalue weighted by Gasteiger charge is -2.26. The van der Waals surface area contributed by atoms with Crippen LogP contribution in [0.1, 0.15) is 30.0 Å². The van der Waals surface area contributed by atoms with Crippen molar-refractivity contribution in [2.45, 2.75) is 20.3 Å². The fourth-order valence-corrected chi connectivity index (χ4v) is 2.98. The Morgan fingerprint density at radius 3 is 2.84 bits per heavy atom. The number of nitrogens with zero attached hydrogens (tertiary/aromatic N) is 2. The van der Waals surface area contributed by atoms with E-state index >= 15 is 0 Å². The van der Waals surface area contributed by atoms with E-state index in [1.165, 1.54) is 12.1 Å². The highest BCUT2D eigenvalue weighted by atomic mass is 19.1. The number of carbonyl (C=O) groups is 1. The van der Waals surface area contributed by atoms with Crippen LogP contribution in [0.3, 0.4) is 0 Å². The molecule has 0 N–H and O–H groups in total. The van der Waals surface area contributed by atoms with Crippen LogP contribution < -0.4 is 4.90 Å². The van der Waals surface area contributed by atoms with Crippen molar-refractivity contribution in [1.82, 2.24) is 4.98 Å². The molecule has 25 heavy (non-hydrogen) atoms. The second kappa shape index (κ2) is 7.57. The van der Waals surface area contributed by atoms with Crippen LogP contribution in [0.5, 0.6) is 0 Å². The van der Waals surface area contributed by atoms with Crippen molar-refractivity contribution in [1.29, 1.82) is 0 Å². The van der Waals surface area contributed by atoms with Gasteiger partial charge in [-0.15, -0.1) is 0 Å². The van der Waals surface area contributed by atoms with Gasteiger partial charge in [0.1, 0.15) is 18.2 Å². The van der Waals surface area contributed by atoms with Gasteiger partial charge in [0.15, 0.2) is 0 Å². The lowest BCUT2D eigenvalue weighted by atomic mass is 9.94. The van der Waals surface area contributed by atoms with E-state index in [1.807, 2.05) is 19.1 Å². The van der Waals surface area contributed by atoms with Gasteiger partial charge in [-0.05, 0) is 54.3 Å². The van der Waals surface area contributed by atoms with E-state index in [4.69, 9.17) is 4.74 Å². The summed E-state index contributed by atoms with van der Waals surface area (Å²) in [4.78, 5) is 18.0. The van der Waals surface area contributed by atoms with Gasteiger partial charge in [0.2, 0.25) is 0 Å². The van der Waals surface area contributed by atoms with E-state index in [0.29, 0.717) is 19.0 Å². The Morgan fingerprint density at radius 1 is 1.36 bits per heavy atom. The Balaban J connectivity index is 1.93. The number of ether oxygens (including phenoxy) is 1. The van der Waals surface area contributed by atoms with Gasteiger partial charge < -0.3 is 4.74 Å². The van der Waals surface area contributed by atoms with E-state index in [1.54, 1.807) is 17.2 Å². The van der Waals surface area contributed by atoms with Gasteiger partial charge in [0.05, 0.1) is 13.2 Å². The lowest BCUT2D eigenvalue weighted by Crippen LogP contribution is -2.42. The maximum atomic E-state index is 13.4. The van der Waals surface area contributed by atoms with Gasteiger partial charge in [0.25, 0.3) is 5.91 Å². The first kappa shape index (κ1) is 17.3. The number of halogens is 1. The van der Waals surface area contributed by atoms with Gasteiger partial charge >= 0.3 is 0 Å². The SMILES string of the molecule is CCC=C(c1ccc(N2CCOCC2=O)nc1)c1ccc(F)cc1C. The molecule has 1 aromatic carbocycles. The van der Waals surface area contributed by atoms with Crippen LogP contribution in [0.15, 0.2) is 42.6 Å². The normalized spacial score (nSPS) is 15.6. The Bertz CT molecular complexity index is 800. The molecule has 130 valence electrons. The van der Waals surface area contributed by atoms with Crippen molar-refractivity contribution in [3.63, 3.8) is 0 Å². The molecule has 2 aromatic rings. The van der Waals surface area contributed by atoms with E-state index in [-0.39, 0.29) is 18.3 Å². The third-order valence-corrected chi connectivity index (χ3v) is 4.21. The molecule has 0 aliphatic carbocycles. The first-order chi connectivity index (χ1) is 12.1. The van der Waals surface area contributed by atoms with Crippen molar-refractivity contribution in [3.8, 4) is 0 Å². The van der Waals surface area contributed by atoms with Gasteiger partial charge in [-0.25, -0.2) is 9.37 Å². The summed E-state index contributed by atoms with van der Waals surface area (Å²) in [7, 11) is 0. The number of amides is 1. The summed E-state index contributed by atoms with van der Waals surface area (Å²) in [5.74, 6) is 0.310. The van der Waals surface area contributed by atoms with Gasteiger partial charge in [-0.2, -0.15) is 0 Å². The molecule has 1 aliphatic heterocycles. The quantitative estimate of drug-likeness (QED) is 0.852. The van der Waals surface area contributed by atoms with Crippen molar-refractivity contribution in [2.75, 3.05) is 24.7 Å². The molecule has 0 unspecified atom stereocenters. The van der Waals surface area contributed by atoms with Crippen LogP contribution in [0, 0.1) is 12.7 Å². The van der Waals surface area contributed by atoms with Crippen LogP contribution in [-0.2, 0) is 9.53 Å². The summed E-state index contributed by atoms with van der Waals surface area (Å²) in [6, 6.07) is 8.61. The number of benzene rings is 1. The highest BCUT2D eigenvalue weighted by Gasteiger charge is 2.21. The number of carbonyl (C=O) groups excluding carboxylic acids is 1. The molecule has 1 aliphatic rings. The molecule has 0 saturated carbocycles. The summed E-state index contributed by atoms with van der Waals surface area (Å²) in [5, 5.41) is 0. The molecule has 1 amide bonds. The molecule has 0 atom stereocenters. The van der Waals surface area contributed by atoms with E-state index in [0.717, 1.165) is 28.7 Å². The van der Waals surface area contributed by atoms with E-state index in [9.17, 15) is 9.18 Å². The zero-order chi connectivity index (χ0) is 17.8. The number of hydrogen-bond donors (Lipinski definition) is 0. The van der Waals surface area contributed by atoms with Crippen LogP contribution in [0.4, 0.5) is 10.2 Å². The Hall–Kier alpha value is -2.53. The fourth-order valence-electron chi connectivity index (χ4n) is 2.98. The molecular formula is C20H21FN2O2. The molecular weight excluding hydrogens is 319 g/mol. The standard InChI is InChI=1S/C20H21FN2O2/c1-3-4-18(17-7-6-16(21)11-14(17)2)15-5-8-19(22-12-15)23-9-10-25-13-20(23)24/h4-8,11-12H,3,9-10,13H2,1-2H3. The average Bonchev–Trinajstić information content (AvgIpc) is 2.61. The Morgan fingerprint density at radius 2 is 2.20 bits per heavy atom. The van der Waals surface area contributed by atoms with Crippen LogP contribution >= 0.6 is 0 Å². The summed E-state index contributed by atoms with van der Waals surface area (Å²) < 4.78 is 18.6. The number of rotatable bonds is 4. The van der Waals surface area contributed by atoms with Crippen LogP contribution in [-0.4, -0.2) is 30.6 Å². The molecule has 1 aromatic heterocycles. The number of aryl methyl sites for hydroxylation is 1. The van der Waals surface area contributed by atoms with Crippen molar-refractivity contribution >= 4 is 17.3 Å². The molecule has 0 bridgehead atoms.